The topological polar surface area (TPSA) is 64.6 Å². The maximum Gasteiger partial charge on any atom is 0.338 e. The maximum absolute atomic E-state index is 12.4. The van der Waals surface area contributed by atoms with Gasteiger partial charge in [0, 0.05) is 6.54 Å². The van der Waals surface area contributed by atoms with Crippen LogP contribution in [0.1, 0.15) is 32.6 Å². The fourth-order valence-electron chi connectivity index (χ4n) is 3.44. The molecule has 0 spiro atoms. The minimum atomic E-state index is -0.392. The van der Waals surface area contributed by atoms with Gasteiger partial charge < -0.3 is 14.8 Å². The summed E-state index contributed by atoms with van der Waals surface area (Å²) in [4.78, 5) is 24.8. The molecule has 0 radical (unpaired) electrons. The van der Waals surface area contributed by atoms with Crippen LogP contribution in [-0.2, 0) is 40.4 Å². The van der Waals surface area contributed by atoms with Crippen LogP contribution in [0.4, 0.5) is 0 Å². The van der Waals surface area contributed by atoms with Crippen LogP contribution in [0.2, 0.25) is 0 Å². The molecule has 0 saturated carbocycles. The zero-order chi connectivity index (χ0) is 20.8. The van der Waals surface area contributed by atoms with Crippen molar-refractivity contribution >= 4 is 11.9 Å². The zero-order valence-electron chi connectivity index (χ0n) is 16.5. The van der Waals surface area contributed by atoms with Crippen molar-refractivity contribution in [1.82, 2.24) is 5.32 Å². The number of hydrogen-bond acceptors (Lipinski definition) is 5. The Kier molecular flexibility index (Phi) is 6.20. The number of carbonyl (C=O) groups excluding carboxylic acids is 2. The summed E-state index contributed by atoms with van der Waals surface area (Å²) in [5, 5.41) is 3.21. The molecule has 3 aromatic rings. The highest BCUT2D eigenvalue weighted by molar-refractivity contribution is 5.89. The maximum atomic E-state index is 12.4. The second-order valence-corrected chi connectivity index (χ2v) is 7.28. The molecule has 1 heterocycles. The predicted molar refractivity (Wildman–Crippen MR) is 113 cm³/mol. The first-order valence-corrected chi connectivity index (χ1v) is 9.96. The number of nitrogens with one attached hydrogen (secondary N) is 1. The molecule has 0 bridgehead atoms. The number of fused-ring (bicyclic) bond motifs is 1. The summed E-state index contributed by atoms with van der Waals surface area (Å²) in [7, 11) is 0. The van der Waals surface area contributed by atoms with Gasteiger partial charge in [0.15, 0.2) is 0 Å². The molecule has 5 nitrogen and oxygen atoms in total. The summed E-state index contributed by atoms with van der Waals surface area (Å²) in [5.41, 5.74) is 4.45. The van der Waals surface area contributed by atoms with E-state index in [1.807, 2.05) is 72.8 Å². The van der Waals surface area contributed by atoms with Gasteiger partial charge in [0.25, 0.3) is 0 Å². The molecule has 0 aromatic heterocycles. The second-order valence-electron chi connectivity index (χ2n) is 7.28. The van der Waals surface area contributed by atoms with Crippen molar-refractivity contribution in [2.75, 3.05) is 0 Å². The number of benzene rings is 3. The molecule has 1 aliphatic heterocycles. The molecule has 0 saturated heterocycles. The summed E-state index contributed by atoms with van der Waals surface area (Å²) in [6.07, 6.45) is 0.530. The summed E-state index contributed by atoms with van der Waals surface area (Å²) < 4.78 is 10.8. The lowest BCUT2D eigenvalue weighted by Crippen LogP contribution is -2.42. The van der Waals surface area contributed by atoms with Gasteiger partial charge in [-0.15, -0.1) is 0 Å². The Morgan fingerprint density at radius 3 is 2.10 bits per heavy atom. The smallest absolute Gasteiger partial charge is 0.338 e. The summed E-state index contributed by atoms with van der Waals surface area (Å²) in [6, 6.07) is 24.3. The minimum absolute atomic E-state index is 0.240. The Morgan fingerprint density at radius 2 is 1.43 bits per heavy atom. The largest absolute Gasteiger partial charge is 0.460 e. The lowest BCUT2D eigenvalue weighted by atomic mass is 9.94. The number of rotatable bonds is 6. The monoisotopic (exact) mass is 401 g/mol. The standard InChI is InChI=1S/C25H23NO4/c27-24(29-16-18-7-3-1-4-8-18)21-12-11-20-14-23(26-15-22(20)13-21)25(28)30-17-19-9-5-2-6-10-19/h1-13,23,26H,14-17H2/t23-/m1/s1. The molecule has 0 amide bonds. The number of carbonyl (C=O) groups is 2. The fraction of sp³-hybridized carbons (Fsp3) is 0.200. The van der Waals surface area contributed by atoms with E-state index in [1.165, 1.54) is 0 Å². The van der Waals surface area contributed by atoms with E-state index in [-0.39, 0.29) is 25.2 Å². The lowest BCUT2D eigenvalue weighted by molar-refractivity contribution is -0.147. The third-order valence-electron chi connectivity index (χ3n) is 5.13. The average molecular weight is 401 g/mol. The van der Waals surface area contributed by atoms with Crippen LogP contribution in [0.15, 0.2) is 78.9 Å². The summed E-state index contributed by atoms with van der Waals surface area (Å²) in [5.74, 6) is -0.623. The molecule has 1 N–H and O–H groups in total. The van der Waals surface area contributed by atoms with Gasteiger partial charge in [-0.25, -0.2) is 4.79 Å². The van der Waals surface area contributed by atoms with Crippen LogP contribution in [0.25, 0.3) is 0 Å². The van der Waals surface area contributed by atoms with Gasteiger partial charge in [-0.1, -0.05) is 66.7 Å². The highest BCUT2D eigenvalue weighted by Gasteiger charge is 2.26. The van der Waals surface area contributed by atoms with Crippen molar-refractivity contribution in [3.05, 3.63) is 107 Å². The van der Waals surface area contributed by atoms with Gasteiger partial charge in [-0.2, -0.15) is 0 Å². The quantitative estimate of drug-likeness (QED) is 0.637. The molecule has 0 aliphatic carbocycles. The molecule has 1 atom stereocenters. The van der Waals surface area contributed by atoms with Crippen molar-refractivity contribution in [2.45, 2.75) is 32.2 Å². The van der Waals surface area contributed by atoms with Crippen molar-refractivity contribution in [3.8, 4) is 0 Å². The predicted octanol–water partition coefficient (Wildman–Crippen LogP) is 3.80. The molecule has 0 unspecified atom stereocenters. The van der Waals surface area contributed by atoms with E-state index in [0.717, 1.165) is 22.3 Å². The van der Waals surface area contributed by atoms with Crippen molar-refractivity contribution in [1.29, 1.82) is 0 Å². The van der Waals surface area contributed by atoms with E-state index in [9.17, 15) is 9.59 Å². The van der Waals surface area contributed by atoms with Gasteiger partial charge in [-0.3, -0.25) is 4.79 Å². The van der Waals surface area contributed by atoms with Crippen molar-refractivity contribution in [3.63, 3.8) is 0 Å². The van der Waals surface area contributed by atoms with Crippen LogP contribution < -0.4 is 5.32 Å². The van der Waals surface area contributed by atoms with Gasteiger partial charge in [0.1, 0.15) is 19.3 Å². The van der Waals surface area contributed by atoms with Gasteiger partial charge in [-0.05, 0) is 40.8 Å². The van der Waals surface area contributed by atoms with Crippen LogP contribution in [0.3, 0.4) is 0 Å². The molecule has 0 fully saturated rings. The minimum Gasteiger partial charge on any atom is -0.460 e. The van der Waals surface area contributed by atoms with Crippen LogP contribution in [0, 0.1) is 0 Å². The average Bonchev–Trinajstić information content (AvgIpc) is 2.81. The Hall–Kier alpha value is -3.44. The van der Waals surface area contributed by atoms with Gasteiger partial charge in [0.2, 0.25) is 0 Å². The highest BCUT2D eigenvalue weighted by Crippen LogP contribution is 2.20. The first-order valence-electron chi connectivity index (χ1n) is 9.96. The zero-order valence-corrected chi connectivity index (χ0v) is 16.5. The van der Waals surface area contributed by atoms with Crippen molar-refractivity contribution in [2.24, 2.45) is 0 Å². The third-order valence-corrected chi connectivity index (χ3v) is 5.13. The highest BCUT2D eigenvalue weighted by atomic mass is 16.5. The van der Waals surface area contributed by atoms with E-state index in [4.69, 9.17) is 9.47 Å². The molecular formula is C25H23NO4. The fourth-order valence-corrected chi connectivity index (χ4v) is 3.44. The lowest BCUT2D eigenvalue weighted by Gasteiger charge is -2.25. The van der Waals surface area contributed by atoms with Crippen LogP contribution >= 0.6 is 0 Å². The van der Waals surface area contributed by atoms with E-state index in [1.54, 1.807) is 6.07 Å². The normalized spacial score (nSPS) is 15.1. The number of hydrogen-bond donors (Lipinski definition) is 1. The molecule has 1 aliphatic rings. The molecule has 5 heteroatoms. The molecule has 4 rings (SSSR count). The van der Waals surface area contributed by atoms with Crippen molar-refractivity contribution < 1.29 is 19.1 Å². The summed E-state index contributed by atoms with van der Waals surface area (Å²) >= 11 is 0. The first kappa shape index (κ1) is 19.9. The summed E-state index contributed by atoms with van der Waals surface area (Å²) in [6.45, 7) is 1.00. The Bertz CT molecular complexity index is 1020. The Balaban J connectivity index is 1.33. The number of esters is 2. The van der Waals surface area contributed by atoms with Gasteiger partial charge in [0.05, 0.1) is 5.56 Å². The SMILES string of the molecule is O=C(OCc1ccccc1)c1ccc2c(c1)CN[C@@H](C(=O)OCc1ccccc1)C2. The Morgan fingerprint density at radius 1 is 0.800 bits per heavy atom. The Labute approximate surface area is 175 Å². The first-order chi connectivity index (χ1) is 14.7. The van der Waals surface area contributed by atoms with Crippen LogP contribution in [-0.4, -0.2) is 18.0 Å². The molecular weight excluding hydrogens is 378 g/mol. The molecule has 3 aromatic carbocycles. The van der Waals surface area contributed by atoms with Crippen LogP contribution in [0.5, 0.6) is 0 Å². The molecule has 30 heavy (non-hydrogen) atoms. The second kappa shape index (κ2) is 9.37. The molecule has 152 valence electrons. The third kappa shape index (κ3) is 4.93. The van der Waals surface area contributed by atoms with E-state index in [2.05, 4.69) is 5.32 Å². The van der Waals surface area contributed by atoms with E-state index < -0.39 is 6.04 Å². The van der Waals surface area contributed by atoms with E-state index in [0.29, 0.717) is 18.5 Å². The van der Waals surface area contributed by atoms with E-state index >= 15 is 0 Å². The van der Waals surface area contributed by atoms with Gasteiger partial charge >= 0.3 is 11.9 Å². The number of ether oxygens (including phenoxy) is 2.